The predicted molar refractivity (Wildman–Crippen MR) is 294 cm³/mol. The van der Waals surface area contributed by atoms with Gasteiger partial charge in [0.1, 0.15) is 29.0 Å². The van der Waals surface area contributed by atoms with E-state index in [1.54, 1.807) is 32.2 Å². The number of nitrogens with zero attached hydrogens (tertiary/aromatic N) is 12. The van der Waals surface area contributed by atoms with Crippen molar-refractivity contribution < 1.29 is 30.7 Å². The van der Waals surface area contributed by atoms with Crippen LogP contribution in [-0.2, 0) is 23.9 Å². The first kappa shape index (κ1) is 58.2. The van der Waals surface area contributed by atoms with Crippen molar-refractivity contribution >= 4 is 56.4 Å². The van der Waals surface area contributed by atoms with Crippen molar-refractivity contribution in [3.63, 3.8) is 0 Å². The minimum absolute atomic E-state index is 0.0223. The molecule has 0 aliphatic heterocycles. The summed E-state index contributed by atoms with van der Waals surface area (Å²) >= 11 is 13.3. The van der Waals surface area contributed by atoms with Gasteiger partial charge in [-0.15, -0.1) is 10.2 Å². The summed E-state index contributed by atoms with van der Waals surface area (Å²) in [6.07, 6.45) is 2.18. The Balaban J connectivity index is 0.000000196. The molecule has 0 radical (unpaired) electrons. The molecule has 6 aromatic heterocycles. The number of pyridine rings is 4. The molecule has 14 nitrogen and oxygen atoms in total. The second-order valence-electron chi connectivity index (χ2n) is 23.3. The van der Waals surface area contributed by atoms with Crippen LogP contribution in [0.4, 0.5) is 42.1 Å². The molecule has 2 fully saturated rings. The minimum atomic E-state index is -2.62. The first-order valence-electron chi connectivity index (χ1n) is 26.1. The molecule has 2 N–H and O–H groups in total. The molecule has 23 heteroatoms. The van der Waals surface area contributed by atoms with Gasteiger partial charge in [0.2, 0.25) is 11.9 Å². The molecule has 0 saturated heterocycles. The lowest BCUT2D eigenvalue weighted by Gasteiger charge is -2.22. The predicted octanol–water partition coefficient (Wildman–Crippen LogP) is 13.7. The summed E-state index contributed by atoms with van der Waals surface area (Å²) in [4.78, 5) is 16.6. The number of nitrogens with one attached hydrogen (secondary N) is 2. The molecule has 6 heterocycles. The first-order valence-corrected chi connectivity index (χ1v) is 26.9. The van der Waals surface area contributed by atoms with Crippen molar-refractivity contribution in [2.24, 2.45) is 10.8 Å². The number of fused-ring (bicyclic) bond motifs is 2. The summed E-state index contributed by atoms with van der Waals surface area (Å²) in [6, 6.07) is 15.1. The number of halogens is 9. The van der Waals surface area contributed by atoms with Gasteiger partial charge in [-0.25, -0.2) is 41.3 Å². The van der Waals surface area contributed by atoms with Gasteiger partial charge in [-0.2, -0.15) is 19.3 Å². The molecule has 0 bridgehead atoms. The Morgan fingerprint density at radius 2 is 1.10 bits per heavy atom. The minimum Gasteiger partial charge on any atom is -0.383 e. The Morgan fingerprint density at radius 1 is 0.642 bits per heavy atom. The topological polar surface area (TPSA) is 185 Å². The van der Waals surface area contributed by atoms with Crippen molar-refractivity contribution in [3.8, 4) is 12.1 Å². The zero-order chi connectivity index (χ0) is 58.5. The SMILES string of the molecule is Cc1nc(F)ccc1[C@H](Cc1cc(Cl)c2ncc(C#N)c(NCC(C)(C)C)c2c1)c1cn(C2(C(F)F)CC2)nn1.Cc1nc(F)ccc1[C@H](Cc1cc(Cl)c2ncc(C#N)c(NCC(C)(C)C)c2c1F)c1cn(C2(C(F)F)CC2)nn1. The maximum Gasteiger partial charge on any atom is 0.263 e. The highest BCUT2D eigenvalue weighted by Gasteiger charge is 2.55. The Kier molecular flexibility index (Phi) is 16.1. The highest BCUT2D eigenvalue weighted by Crippen LogP contribution is 2.50. The van der Waals surface area contributed by atoms with Crippen molar-refractivity contribution in [1.29, 1.82) is 10.5 Å². The van der Waals surface area contributed by atoms with E-state index in [-0.39, 0.29) is 62.8 Å². The van der Waals surface area contributed by atoms with E-state index in [9.17, 15) is 36.9 Å². The molecular formula is C58H57Cl2F7N14. The molecule has 10 rings (SSSR count). The molecule has 422 valence electrons. The highest BCUT2D eigenvalue weighted by molar-refractivity contribution is 6.36. The molecule has 0 spiro atoms. The molecule has 8 aromatic rings. The van der Waals surface area contributed by atoms with E-state index in [2.05, 4.69) is 84.1 Å². The Hall–Kier alpha value is -7.49. The van der Waals surface area contributed by atoms with E-state index >= 15 is 4.39 Å². The summed E-state index contributed by atoms with van der Waals surface area (Å²) in [6.45, 7) is 16.6. The lowest BCUT2D eigenvalue weighted by atomic mass is 9.87. The van der Waals surface area contributed by atoms with E-state index in [0.29, 0.717) is 93.4 Å². The number of hydrogen-bond donors (Lipinski definition) is 2. The molecule has 2 aromatic carbocycles. The number of benzene rings is 2. The van der Waals surface area contributed by atoms with Gasteiger partial charge in [-0.05, 0) is 116 Å². The summed E-state index contributed by atoms with van der Waals surface area (Å²) < 4.78 is 102. The molecular weight excluding hydrogens is 1100 g/mol. The van der Waals surface area contributed by atoms with Crippen molar-refractivity contribution in [2.45, 2.75) is 130 Å². The lowest BCUT2D eigenvalue weighted by Crippen LogP contribution is -2.26. The number of alkyl halides is 4. The Bertz CT molecular complexity index is 3770. The van der Waals surface area contributed by atoms with E-state index in [4.69, 9.17) is 23.2 Å². The van der Waals surface area contributed by atoms with Crippen LogP contribution in [0.1, 0.15) is 135 Å². The van der Waals surface area contributed by atoms with Gasteiger partial charge in [0, 0.05) is 66.5 Å². The second kappa shape index (κ2) is 22.5. The van der Waals surface area contributed by atoms with Crippen molar-refractivity contribution in [3.05, 3.63) is 151 Å². The number of hydrogen-bond acceptors (Lipinski definition) is 12. The number of rotatable bonds is 16. The molecule has 81 heavy (non-hydrogen) atoms. The monoisotopic (exact) mass is 1150 g/mol. The normalized spacial score (nSPS) is 15.3. The van der Waals surface area contributed by atoms with Crippen molar-refractivity contribution in [1.82, 2.24) is 49.9 Å². The van der Waals surface area contributed by atoms with Gasteiger partial charge < -0.3 is 10.6 Å². The summed E-state index contributed by atoms with van der Waals surface area (Å²) in [5.41, 5.74) is 3.03. The maximum absolute atomic E-state index is 16.4. The second-order valence-corrected chi connectivity index (χ2v) is 24.1. The van der Waals surface area contributed by atoms with E-state index < -0.39 is 53.5 Å². The van der Waals surface area contributed by atoms with Gasteiger partial charge in [-0.3, -0.25) is 9.97 Å². The maximum atomic E-state index is 16.4. The fourth-order valence-electron chi connectivity index (χ4n) is 9.87. The Labute approximate surface area is 473 Å². The average Bonchev–Trinajstić information content (AvgIpc) is 3.86. The smallest absolute Gasteiger partial charge is 0.263 e. The van der Waals surface area contributed by atoms with Crippen LogP contribution < -0.4 is 10.6 Å². The molecule has 0 amide bonds. The van der Waals surface area contributed by atoms with Crippen LogP contribution >= 0.6 is 23.2 Å². The quantitative estimate of drug-likeness (QED) is 0.0690. The third kappa shape index (κ3) is 12.1. The molecule has 2 aliphatic rings. The fraction of sp³-hybridized carbons (Fsp3) is 0.414. The van der Waals surface area contributed by atoms with Gasteiger partial charge >= 0.3 is 0 Å². The lowest BCUT2D eigenvalue weighted by molar-refractivity contribution is 0.0590. The largest absolute Gasteiger partial charge is 0.383 e. The zero-order valence-corrected chi connectivity index (χ0v) is 47.1. The summed E-state index contributed by atoms with van der Waals surface area (Å²) in [7, 11) is 0. The number of anilines is 2. The van der Waals surface area contributed by atoms with Gasteiger partial charge in [0.15, 0.2) is 0 Å². The fourth-order valence-corrected chi connectivity index (χ4v) is 10.4. The molecule has 2 aliphatic carbocycles. The van der Waals surface area contributed by atoms with Crippen LogP contribution in [-0.4, -0.2) is 75.9 Å². The van der Waals surface area contributed by atoms with Crippen LogP contribution in [0, 0.1) is 65.1 Å². The molecule has 2 atom stereocenters. The third-order valence-corrected chi connectivity index (χ3v) is 15.3. The summed E-state index contributed by atoms with van der Waals surface area (Å²) in [5, 5.41) is 44.0. The molecule has 2 saturated carbocycles. The van der Waals surface area contributed by atoms with Gasteiger partial charge in [0.25, 0.3) is 12.9 Å². The van der Waals surface area contributed by atoms with Crippen LogP contribution in [0.2, 0.25) is 10.0 Å². The molecule has 0 unspecified atom stereocenters. The van der Waals surface area contributed by atoms with Crippen LogP contribution in [0.15, 0.2) is 67.3 Å². The van der Waals surface area contributed by atoms with Gasteiger partial charge in [0.05, 0.1) is 60.4 Å². The van der Waals surface area contributed by atoms with E-state index in [1.807, 2.05) is 26.8 Å². The van der Waals surface area contributed by atoms with Gasteiger partial charge in [-0.1, -0.05) is 87.3 Å². The van der Waals surface area contributed by atoms with E-state index in [1.165, 1.54) is 52.2 Å². The number of aryl methyl sites for hydroxylation is 2. The number of aromatic nitrogens is 10. The average molecular weight is 1150 g/mol. The van der Waals surface area contributed by atoms with Crippen LogP contribution in [0.5, 0.6) is 0 Å². The summed E-state index contributed by atoms with van der Waals surface area (Å²) in [5.74, 6) is -3.13. The third-order valence-electron chi connectivity index (χ3n) is 14.7. The van der Waals surface area contributed by atoms with Crippen LogP contribution in [0.25, 0.3) is 21.8 Å². The first-order chi connectivity index (χ1) is 38.3. The Morgan fingerprint density at radius 3 is 1.56 bits per heavy atom. The van der Waals surface area contributed by atoms with Crippen LogP contribution in [0.3, 0.4) is 0 Å². The standard InChI is InChI=1S/C29H28ClF4N7.C29H29ClF3N7/c1-15-18(5-6-22(31)38-15)19(21-13-41(40-39-21)29(7-8-29)27(33)34)9-16-10-20(30)26-23(24(16)32)25(17(11-35)12-36-26)37-14-28(2,3)4;1-16-19(5-6-24(31)37-16)20(23-14-40(39-38-23)29(7-8-29)27(32)33)9-17-10-21-25(36-15-28(2,3)4)18(12-34)13-35-26(21)22(30)11-17/h5-6,10,12-13,19,27H,7-9,14H2,1-4H3,(H,36,37);5-6,10-11,13-14,20,27H,7-9,15H2,1-4H3,(H,35,36)/t19-;20-/m00/s1. The zero-order valence-electron chi connectivity index (χ0n) is 45.6. The van der Waals surface area contributed by atoms with E-state index in [0.717, 1.165) is 5.56 Å². The highest BCUT2D eigenvalue weighted by atomic mass is 35.5. The number of nitriles is 2. The van der Waals surface area contributed by atoms with Crippen molar-refractivity contribution in [2.75, 3.05) is 23.7 Å².